The summed E-state index contributed by atoms with van der Waals surface area (Å²) in [7, 11) is -3.67. The molecular formula is C19H19N3O2S. The van der Waals surface area contributed by atoms with E-state index in [-0.39, 0.29) is 0 Å². The number of aryl methyl sites for hydroxylation is 1. The van der Waals surface area contributed by atoms with Crippen LogP contribution in [0.15, 0.2) is 59.8 Å². The molecule has 5 nitrogen and oxygen atoms in total. The lowest BCUT2D eigenvalue weighted by atomic mass is 10.0. The van der Waals surface area contributed by atoms with Gasteiger partial charge in [-0.3, -0.25) is 4.98 Å². The third-order valence-electron chi connectivity index (χ3n) is 4.48. The Balaban J connectivity index is 1.95. The van der Waals surface area contributed by atoms with E-state index >= 15 is 0 Å². The van der Waals surface area contributed by atoms with Crippen LogP contribution in [0.4, 0.5) is 0 Å². The van der Waals surface area contributed by atoms with Crippen molar-refractivity contribution in [2.75, 3.05) is 13.1 Å². The normalized spacial score (nSPS) is 15.3. The number of fused-ring (bicyclic) bond motifs is 1. The fourth-order valence-electron chi connectivity index (χ4n) is 3.22. The second kappa shape index (κ2) is 6.13. The molecule has 0 bridgehead atoms. The Bertz CT molecular complexity index is 1080. The van der Waals surface area contributed by atoms with E-state index < -0.39 is 10.0 Å². The molecular weight excluding hydrogens is 334 g/mol. The summed E-state index contributed by atoms with van der Waals surface area (Å²) in [6.45, 7) is 3.56. The summed E-state index contributed by atoms with van der Waals surface area (Å²) < 4.78 is 27.8. The van der Waals surface area contributed by atoms with E-state index in [0.29, 0.717) is 10.4 Å². The zero-order valence-electron chi connectivity index (χ0n) is 13.9. The average molecular weight is 353 g/mol. The number of benzene rings is 1. The van der Waals surface area contributed by atoms with Gasteiger partial charge in [-0.15, -0.1) is 0 Å². The molecule has 128 valence electrons. The van der Waals surface area contributed by atoms with Crippen LogP contribution < -0.4 is 5.32 Å². The van der Waals surface area contributed by atoms with Crippen LogP contribution in [0.3, 0.4) is 0 Å². The van der Waals surface area contributed by atoms with E-state index in [2.05, 4.69) is 16.4 Å². The van der Waals surface area contributed by atoms with Gasteiger partial charge in [0.05, 0.1) is 15.9 Å². The zero-order chi connectivity index (χ0) is 17.4. The Labute approximate surface area is 147 Å². The van der Waals surface area contributed by atoms with Crippen molar-refractivity contribution < 1.29 is 8.42 Å². The van der Waals surface area contributed by atoms with Gasteiger partial charge >= 0.3 is 0 Å². The monoisotopic (exact) mass is 353 g/mol. The third-order valence-corrected chi connectivity index (χ3v) is 6.15. The van der Waals surface area contributed by atoms with Crippen LogP contribution >= 0.6 is 0 Å². The molecule has 1 N–H and O–H groups in total. The molecule has 2 aromatic heterocycles. The summed E-state index contributed by atoms with van der Waals surface area (Å²) in [6, 6.07) is 10.6. The predicted octanol–water partition coefficient (Wildman–Crippen LogP) is 2.96. The summed E-state index contributed by atoms with van der Waals surface area (Å²) in [5.74, 6) is 0. The highest BCUT2D eigenvalue weighted by molar-refractivity contribution is 7.90. The first-order chi connectivity index (χ1) is 12.1. The first kappa shape index (κ1) is 16.1. The van der Waals surface area contributed by atoms with Crippen molar-refractivity contribution in [3.63, 3.8) is 0 Å². The van der Waals surface area contributed by atoms with Crippen LogP contribution in [-0.4, -0.2) is 30.5 Å². The third kappa shape index (κ3) is 2.77. The standard InChI is InChI=1S/C19H19N3O2S/c1-14-4-2-5-16(12-14)25(23,24)22-13-17(15-7-10-20-11-8-15)19-18(22)6-3-9-21-19/h2-7,9,12-13,20H,8,10-11H2,1H3. The quantitative estimate of drug-likeness (QED) is 0.786. The Kier molecular flexibility index (Phi) is 3.94. The van der Waals surface area contributed by atoms with Crippen molar-refractivity contribution in [1.82, 2.24) is 14.3 Å². The van der Waals surface area contributed by atoms with Gasteiger partial charge in [-0.2, -0.15) is 0 Å². The molecule has 25 heavy (non-hydrogen) atoms. The molecule has 0 atom stereocenters. The van der Waals surface area contributed by atoms with Gasteiger partial charge in [0.25, 0.3) is 10.0 Å². The van der Waals surface area contributed by atoms with Crippen LogP contribution in [0.25, 0.3) is 16.6 Å². The molecule has 3 aromatic rings. The fourth-order valence-corrected chi connectivity index (χ4v) is 4.68. The van der Waals surface area contributed by atoms with Gasteiger partial charge in [0, 0.05) is 24.5 Å². The van der Waals surface area contributed by atoms with E-state index in [0.717, 1.165) is 41.7 Å². The fraction of sp³-hybridized carbons (Fsp3) is 0.211. The van der Waals surface area contributed by atoms with Gasteiger partial charge in [-0.25, -0.2) is 12.4 Å². The van der Waals surface area contributed by atoms with Crippen LogP contribution in [-0.2, 0) is 10.0 Å². The predicted molar refractivity (Wildman–Crippen MR) is 99.0 cm³/mol. The molecule has 1 aliphatic rings. The van der Waals surface area contributed by atoms with Crippen molar-refractivity contribution in [1.29, 1.82) is 0 Å². The Morgan fingerprint density at radius 2 is 2.08 bits per heavy atom. The largest absolute Gasteiger partial charge is 0.313 e. The molecule has 6 heteroatoms. The van der Waals surface area contributed by atoms with Gasteiger partial charge in [0.15, 0.2) is 0 Å². The lowest BCUT2D eigenvalue weighted by Crippen LogP contribution is -2.20. The highest BCUT2D eigenvalue weighted by atomic mass is 32.2. The summed E-state index contributed by atoms with van der Waals surface area (Å²) in [6.07, 6.45) is 6.39. The smallest absolute Gasteiger partial charge is 0.268 e. The Morgan fingerprint density at radius 3 is 2.84 bits per heavy atom. The summed E-state index contributed by atoms with van der Waals surface area (Å²) >= 11 is 0. The van der Waals surface area contributed by atoms with E-state index in [9.17, 15) is 8.42 Å². The second-order valence-corrected chi connectivity index (χ2v) is 8.03. The van der Waals surface area contributed by atoms with Crippen molar-refractivity contribution in [3.05, 3.63) is 66.0 Å². The van der Waals surface area contributed by atoms with E-state index in [1.54, 1.807) is 42.7 Å². The van der Waals surface area contributed by atoms with Gasteiger partial charge < -0.3 is 5.32 Å². The molecule has 0 aliphatic carbocycles. The van der Waals surface area contributed by atoms with Gasteiger partial charge in [-0.05, 0) is 55.3 Å². The first-order valence-electron chi connectivity index (χ1n) is 8.26. The van der Waals surface area contributed by atoms with Gasteiger partial charge in [0.1, 0.15) is 0 Å². The molecule has 0 fully saturated rings. The molecule has 0 spiro atoms. The minimum atomic E-state index is -3.67. The Hall–Kier alpha value is -2.44. The number of nitrogens with zero attached hydrogens (tertiary/aromatic N) is 2. The lowest BCUT2D eigenvalue weighted by molar-refractivity contribution is 0.589. The molecule has 0 radical (unpaired) electrons. The lowest BCUT2D eigenvalue weighted by Gasteiger charge is -2.12. The van der Waals surface area contributed by atoms with Crippen LogP contribution in [0.1, 0.15) is 17.5 Å². The molecule has 0 saturated carbocycles. The van der Waals surface area contributed by atoms with Gasteiger partial charge in [0.2, 0.25) is 0 Å². The molecule has 0 amide bonds. The molecule has 0 saturated heterocycles. The number of nitrogens with one attached hydrogen (secondary N) is 1. The number of pyridine rings is 1. The minimum absolute atomic E-state index is 0.291. The number of hydrogen-bond donors (Lipinski definition) is 1. The summed E-state index contributed by atoms with van der Waals surface area (Å²) in [5.41, 5.74) is 4.29. The molecule has 1 aromatic carbocycles. The van der Waals surface area contributed by atoms with Crippen LogP contribution in [0.5, 0.6) is 0 Å². The SMILES string of the molecule is Cc1cccc(S(=O)(=O)n2cc(C3=CCNCC3)c3ncccc32)c1. The maximum Gasteiger partial charge on any atom is 0.268 e. The Morgan fingerprint density at radius 1 is 1.20 bits per heavy atom. The molecule has 3 heterocycles. The highest BCUT2D eigenvalue weighted by Crippen LogP contribution is 2.31. The van der Waals surface area contributed by atoms with Crippen molar-refractivity contribution in [3.8, 4) is 0 Å². The van der Waals surface area contributed by atoms with Crippen LogP contribution in [0, 0.1) is 6.92 Å². The number of hydrogen-bond acceptors (Lipinski definition) is 4. The first-order valence-corrected chi connectivity index (χ1v) is 9.70. The summed E-state index contributed by atoms with van der Waals surface area (Å²) in [4.78, 5) is 4.75. The van der Waals surface area contributed by atoms with Crippen molar-refractivity contribution in [2.24, 2.45) is 0 Å². The van der Waals surface area contributed by atoms with Crippen molar-refractivity contribution >= 4 is 26.6 Å². The average Bonchev–Trinajstić information content (AvgIpc) is 3.03. The highest BCUT2D eigenvalue weighted by Gasteiger charge is 2.23. The zero-order valence-corrected chi connectivity index (χ0v) is 14.8. The molecule has 4 rings (SSSR count). The van der Waals surface area contributed by atoms with E-state index in [4.69, 9.17) is 0 Å². The molecule has 1 aliphatic heterocycles. The van der Waals surface area contributed by atoms with E-state index in [1.165, 1.54) is 3.97 Å². The number of rotatable bonds is 3. The maximum absolute atomic E-state index is 13.2. The number of aromatic nitrogens is 2. The summed E-state index contributed by atoms with van der Waals surface area (Å²) in [5, 5.41) is 3.28. The topological polar surface area (TPSA) is 64.0 Å². The van der Waals surface area contributed by atoms with Crippen LogP contribution in [0.2, 0.25) is 0 Å². The van der Waals surface area contributed by atoms with E-state index in [1.807, 2.05) is 13.0 Å². The van der Waals surface area contributed by atoms with Gasteiger partial charge in [-0.1, -0.05) is 18.2 Å². The molecule has 0 unspecified atom stereocenters. The maximum atomic E-state index is 13.2. The second-order valence-electron chi connectivity index (χ2n) is 6.21. The minimum Gasteiger partial charge on any atom is -0.313 e. The van der Waals surface area contributed by atoms with Crippen molar-refractivity contribution in [2.45, 2.75) is 18.2 Å².